The van der Waals surface area contributed by atoms with Crippen molar-refractivity contribution in [2.24, 2.45) is 5.14 Å². The molecule has 0 fully saturated rings. The zero-order chi connectivity index (χ0) is 15.5. The van der Waals surface area contributed by atoms with Gasteiger partial charge in [-0.05, 0) is 30.3 Å². The van der Waals surface area contributed by atoms with E-state index in [2.05, 4.69) is 10.9 Å². The highest BCUT2D eigenvalue weighted by Crippen LogP contribution is 2.15. The molecule has 6 nitrogen and oxygen atoms in total. The molecule has 0 saturated carbocycles. The quantitative estimate of drug-likeness (QED) is 0.739. The van der Waals surface area contributed by atoms with Crippen LogP contribution in [0.4, 0.5) is 10.1 Å². The monoisotopic (exact) mass is 309 g/mol. The van der Waals surface area contributed by atoms with Gasteiger partial charge in [-0.3, -0.25) is 15.6 Å². The minimum absolute atomic E-state index is 0.0381. The SMILES string of the molecule is NS(=O)(=O)c1cc(C(=O)NNc2ccccc2)ccc1F. The number of nitrogens with two attached hydrogens (primary N) is 1. The number of halogens is 1. The van der Waals surface area contributed by atoms with Gasteiger partial charge in [-0.25, -0.2) is 17.9 Å². The molecule has 2 rings (SSSR count). The number of carbonyl (C=O) groups is 1. The van der Waals surface area contributed by atoms with E-state index in [0.29, 0.717) is 5.69 Å². The summed E-state index contributed by atoms with van der Waals surface area (Å²) in [6.45, 7) is 0. The van der Waals surface area contributed by atoms with Gasteiger partial charge < -0.3 is 0 Å². The molecule has 8 heteroatoms. The first-order valence-electron chi connectivity index (χ1n) is 5.81. The highest BCUT2D eigenvalue weighted by atomic mass is 32.2. The lowest BCUT2D eigenvalue weighted by atomic mass is 10.2. The number of anilines is 1. The van der Waals surface area contributed by atoms with Crippen LogP contribution in [0.3, 0.4) is 0 Å². The molecule has 0 saturated heterocycles. The van der Waals surface area contributed by atoms with Gasteiger partial charge in [-0.2, -0.15) is 0 Å². The zero-order valence-electron chi connectivity index (χ0n) is 10.7. The van der Waals surface area contributed by atoms with Crippen LogP contribution in [0.15, 0.2) is 53.4 Å². The summed E-state index contributed by atoms with van der Waals surface area (Å²) in [5.74, 6) is -1.63. The van der Waals surface area contributed by atoms with Gasteiger partial charge in [0, 0.05) is 5.56 Å². The van der Waals surface area contributed by atoms with E-state index in [1.807, 2.05) is 6.07 Å². The van der Waals surface area contributed by atoms with Crippen molar-refractivity contribution in [2.45, 2.75) is 4.90 Å². The third-order valence-electron chi connectivity index (χ3n) is 2.59. The largest absolute Gasteiger partial charge is 0.298 e. The van der Waals surface area contributed by atoms with Gasteiger partial charge in [0.15, 0.2) is 0 Å². The lowest BCUT2D eigenvalue weighted by molar-refractivity contribution is 0.0962. The second-order valence-electron chi connectivity index (χ2n) is 4.14. The van der Waals surface area contributed by atoms with Crippen LogP contribution in [0.2, 0.25) is 0 Å². The Kier molecular flexibility index (Phi) is 4.20. The smallest absolute Gasteiger partial charge is 0.269 e. The van der Waals surface area contributed by atoms with Crippen molar-refractivity contribution in [1.29, 1.82) is 0 Å². The van der Waals surface area contributed by atoms with Crippen LogP contribution >= 0.6 is 0 Å². The first-order valence-corrected chi connectivity index (χ1v) is 7.36. The molecule has 21 heavy (non-hydrogen) atoms. The molecule has 0 bridgehead atoms. The van der Waals surface area contributed by atoms with Gasteiger partial charge in [0.25, 0.3) is 5.91 Å². The Morgan fingerprint density at radius 3 is 2.38 bits per heavy atom. The number of benzene rings is 2. The van der Waals surface area contributed by atoms with Crippen molar-refractivity contribution in [2.75, 3.05) is 5.43 Å². The Labute approximate surface area is 120 Å². The number of hydrogen-bond donors (Lipinski definition) is 3. The minimum Gasteiger partial charge on any atom is -0.298 e. The summed E-state index contributed by atoms with van der Waals surface area (Å²) in [5.41, 5.74) is 5.61. The van der Waals surface area contributed by atoms with Crippen LogP contribution in [-0.2, 0) is 10.0 Å². The first-order chi connectivity index (χ1) is 9.88. The number of hydrazine groups is 1. The van der Waals surface area contributed by atoms with Crippen molar-refractivity contribution < 1.29 is 17.6 Å². The normalized spacial score (nSPS) is 11.0. The maximum absolute atomic E-state index is 13.4. The third kappa shape index (κ3) is 3.77. The Morgan fingerprint density at radius 2 is 1.76 bits per heavy atom. The van der Waals surface area contributed by atoms with Crippen LogP contribution in [0.25, 0.3) is 0 Å². The number of primary sulfonamides is 1. The maximum Gasteiger partial charge on any atom is 0.269 e. The van der Waals surface area contributed by atoms with Gasteiger partial charge in [0.05, 0.1) is 5.69 Å². The summed E-state index contributed by atoms with van der Waals surface area (Å²) in [5, 5.41) is 4.88. The lowest BCUT2D eigenvalue weighted by Gasteiger charge is -2.09. The topological polar surface area (TPSA) is 101 Å². The maximum atomic E-state index is 13.4. The van der Waals surface area contributed by atoms with E-state index >= 15 is 0 Å². The van der Waals surface area contributed by atoms with E-state index in [1.165, 1.54) is 0 Å². The molecule has 1 amide bonds. The van der Waals surface area contributed by atoms with E-state index in [4.69, 9.17) is 5.14 Å². The molecule has 0 atom stereocenters. The lowest BCUT2D eigenvalue weighted by Crippen LogP contribution is -2.29. The molecule has 0 radical (unpaired) electrons. The average molecular weight is 309 g/mol. The highest BCUT2D eigenvalue weighted by molar-refractivity contribution is 7.89. The number of hydrogen-bond acceptors (Lipinski definition) is 4. The van der Waals surface area contributed by atoms with E-state index in [-0.39, 0.29) is 5.56 Å². The summed E-state index contributed by atoms with van der Waals surface area (Å²) >= 11 is 0. The standard InChI is InChI=1S/C13H12FN3O3S/c14-11-7-6-9(8-12(11)21(15,19)20)13(18)17-16-10-4-2-1-3-5-10/h1-8,16H,(H,17,18)(H2,15,19,20). The number of nitrogens with one attached hydrogen (secondary N) is 2. The molecule has 0 aliphatic carbocycles. The van der Waals surface area contributed by atoms with E-state index in [0.717, 1.165) is 18.2 Å². The van der Waals surface area contributed by atoms with Crippen molar-refractivity contribution in [1.82, 2.24) is 5.43 Å². The third-order valence-corrected chi connectivity index (χ3v) is 3.52. The number of para-hydroxylation sites is 1. The highest BCUT2D eigenvalue weighted by Gasteiger charge is 2.17. The van der Waals surface area contributed by atoms with Crippen LogP contribution in [0, 0.1) is 5.82 Å². The molecule has 4 N–H and O–H groups in total. The van der Waals surface area contributed by atoms with Gasteiger partial charge in [0.1, 0.15) is 10.7 Å². The van der Waals surface area contributed by atoms with Gasteiger partial charge in [-0.15, -0.1) is 0 Å². The van der Waals surface area contributed by atoms with E-state index < -0.39 is 26.6 Å². The molecule has 0 aromatic heterocycles. The Hall–Kier alpha value is -2.45. The molecule has 2 aromatic carbocycles. The molecular formula is C13H12FN3O3S. The summed E-state index contributed by atoms with van der Waals surface area (Å²) in [4.78, 5) is 11.1. The summed E-state index contributed by atoms with van der Waals surface area (Å²) in [6, 6.07) is 11.7. The van der Waals surface area contributed by atoms with Gasteiger partial charge in [0.2, 0.25) is 10.0 Å². The minimum atomic E-state index is -4.23. The number of sulfonamides is 1. The predicted octanol–water partition coefficient (Wildman–Crippen LogP) is 1.23. The molecule has 0 aliphatic rings. The molecule has 2 aromatic rings. The fourth-order valence-corrected chi connectivity index (χ4v) is 2.22. The average Bonchev–Trinajstić information content (AvgIpc) is 2.45. The molecule has 0 unspecified atom stereocenters. The molecule has 0 aliphatic heterocycles. The second-order valence-corrected chi connectivity index (χ2v) is 5.67. The van der Waals surface area contributed by atoms with Gasteiger partial charge >= 0.3 is 0 Å². The van der Waals surface area contributed by atoms with Crippen LogP contribution in [0.5, 0.6) is 0 Å². The number of carbonyl (C=O) groups excluding carboxylic acids is 1. The van der Waals surface area contributed by atoms with Crippen molar-refractivity contribution >= 4 is 21.6 Å². The zero-order valence-corrected chi connectivity index (χ0v) is 11.5. The fraction of sp³-hybridized carbons (Fsp3) is 0. The van der Waals surface area contributed by atoms with Gasteiger partial charge in [-0.1, -0.05) is 18.2 Å². The van der Waals surface area contributed by atoms with E-state index in [9.17, 15) is 17.6 Å². The number of amides is 1. The first kappa shape index (κ1) is 14.9. The fourth-order valence-electron chi connectivity index (χ4n) is 1.59. The Morgan fingerprint density at radius 1 is 1.10 bits per heavy atom. The Balaban J connectivity index is 2.17. The molecule has 0 spiro atoms. The summed E-state index contributed by atoms with van der Waals surface area (Å²) < 4.78 is 35.8. The van der Waals surface area contributed by atoms with Crippen LogP contribution in [0.1, 0.15) is 10.4 Å². The predicted molar refractivity (Wildman–Crippen MR) is 75.3 cm³/mol. The number of rotatable bonds is 4. The Bertz CT molecular complexity index is 763. The summed E-state index contributed by atoms with van der Waals surface area (Å²) in [6.07, 6.45) is 0. The van der Waals surface area contributed by atoms with Crippen molar-refractivity contribution in [3.8, 4) is 0 Å². The second kappa shape index (κ2) is 5.90. The van der Waals surface area contributed by atoms with Crippen LogP contribution < -0.4 is 16.0 Å². The summed E-state index contributed by atoms with van der Waals surface area (Å²) in [7, 11) is -4.23. The van der Waals surface area contributed by atoms with E-state index in [1.54, 1.807) is 24.3 Å². The molecule has 0 heterocycles. The molecular weight excluding hydrogens is 297 g/mol. The molecule has 110 valence electrons. The van der Waals surface area contributed by atoms with Crippen molar-refractivity contribution in [3.63, 3.8) is 0 Å². The van der Waals surface area contributed by atoms with Crippen molar-refractivity contribution in [3.05, 3.63) is 59.9 Å². The van der Waals surface area contributed by atoms with Crippen LogP contribution in [-0.4, -0.2) is 14.3 Å².